The summed E-state index contributed by atoms with van der Waals surface area (Å²) in [6, 6.07) is 19.2. The first kappa shape index (κ1) is 18.7. The first-order valence-corrected chi connectivity index (χ1v) is 10.3. The molecule has 1 aliphatic rings. The predicted molar refractivity (Wildman–Crippen MR) is 118 cm³/mol. The van der Waals surface area contributed by atoms with Crippen molar-refractivity contribution in [3.05, 3.63) is 83.9 Å². The van der Waals surface area contributed by atoms with Crippen LogP contribution in [0.3, 0.4) is 0 Å². The quantitative estimate of drug-likeness (QED) is 0.604. The molecule has 0 bridgehead atoms. The van der Waals surface area contributed by atoms with E-state index in [0.717, 1.165) is 30.2 Å². The minimum absolute atomic E-state index is 0.0321. The number of benzene rings is 1. The molecule has 3 aromatic rings. The fraction of sp³-hybridized carbons (Fsp3) is 0.304. The normalized spacial score (nSPS) is 19.1. The van der Waals surface area contributed by atoms with E-state index >= 15 is 0 Å². The van der Waals surface area contributed by atoms with Crippen molar-refractivity contribution >= 4 is 17.3 Å². The number of aromatic nitrogens is 2. The van der Waals surface area contributed by atoms with Crippen molar-refractivity contribution in [3.8, 4) is 5.69 Å². The van der Waals surface area contributed by atoms with E-state index in [1.165, 1.54) is 16.9 Å². The molecule has 1 fully saturated rings. The number of thiocarbonyl (C=S) groups is 1. The summed E-state index contributed by atoms with van der Waals surface area (Å²) in [6.07, 6.45) is 6.23. The summed E-state index contributed by atoms with van der Waals surface area (Å²) < 4.78 is 2.27. The zero-order valence-corrected chi connectivity index (χ0v) is 17.2. The Balaban J connectivity index is 1.78. The molecular formula is C23H26N4S. The van der Waals surface area contributed by atoms with Gasteiger partial charge >= 0.3 is 0 Å². The second-order valence-corrected chi connectivity index (χ2v) is 7.70. The van der Waals surface area contributed by atoms with Crippen molar-refractivity contribution in [3.63, 3.8) is 0 Å². The monoisotopic (exact) mass is 390 g/mol. The first-order valence-electron chi connectivity index (χ1n) is 9.91. The predicted octanol–water partition coefficient (Wildman–Crippen LogP) is 4.95. The van der Waals surface area contributed by atoms with E-state index in [1.807, 2.05) is 18.3 Å². The highest BCUT2D eigenvalue weighted by molar-refractivity contribution is 7.80. The number of hydrogen-bond donors (Lipinski definition) is 1. The highest BCUT2D eigenvalue weighted by Crippen LogP contribution is 2.39. The van der Waals surface area contributed by atoms with E-state index in [9.17, 15) is 0 Å². The van der Waals surface area contributed by atoms with Crippen molar-refractivity contribution < 1.29 is 0 Å². The zero-order valence-electron chi connectivity index (χ0n) is 16.4. The molecule has 0 radical (unpaired) electrons. The second-order valence-electron chi connectivity index (χ2n) is 7.31. The molecule has 1 aromatic carbocycles. The minimum atomic E-state index is 0.0321. The van der Waals surface area contributed by atoms with Gasteiger partial charge in [-0.3, -0.25) is 4.98 Å². The summed E-state index contributed by atoms with van der Waals surface area (Å²) in [7, 11) is 0. The number of unbranched alkanes of at least 4 members (excludes halogenated alkanes) is 1. The number of pyridine rings is 1. The van der Waals surface area contributed by atoms with Crippen LogP contribution in [0.25, 0.3) is 5.69 Å². The maximum absolute atomic E-state index is 5.74. The first-order chi connectivity index (χ1) is 13.7. The van der Waals surface area contributed by atoms with Crippen molar-refractivity contribution in [2.24, 2.45) is 0 Å². The Morgan fingerprint density at radius 1 is 1.07 bits per heavy atom. The third-order valence-electron chi connectivity index (χ3n) is 5.35. The van der Waals surface area contributed by atoms with Gasteiger partial charge in [-0.2, -0.15) is 0 Å². The molecule has 0 amide bonds. The Labute approximate surface area is 172 Å². The number of nitrogens with zero attached hydrogens (tertiary/aromatic N) is 3. The minimum Gasteiger partial charge on any atom is -0.352 e. The van der Waals surface area contributed by atoms with E-state index < -0.39 is 0 Å². The molecule has 3 heterocycles. The lowest BCUT2D eigenvalue weighted by molar-refractivity contribution is 0.304. The van der Waals surface area contributed by atoms with Crippen LogP contribution in [0.2, 0.25) is 0 Å². The molecule has 2 atom stereocenters. The molecular weight excluding hydrogens is 364 g/mol. The lowest BCUT2D eigenvalue weighted by atomic mass is 10.0. The third-order valence-corrected chi connectivity index (χ3v) is 5.70. The Morgan fingerprint density at radius 3 is 2.61 bits per heavy atom. The topological polar surface area (TPSA) is 33.1 Å². The zero-order chi connectivity index (χ0) is 19.5. The van der Waals surface area contributed by atoms with Crippen LogP contribution >= 0.6 is 12.2 Å². The van der Waals surface area contributed by atoms with E-state index in [2.05, 4.69) is 82.3 Å². The Kier molecular flexibility index (Phi) is 5.44. The molecule has 4 rings (SSSR count). The van der Waals surface area contributed by atoms with Gasteiger partial charge in [-0.25, -0.2) is 0 Å². The third kappa shape index (κ3) is 3.54. The molecule has 0 aliphatic carbocycles. The maximum Gasteiger partial charge on any atom is 0.170 e. The molecule has 0 saturated carbocycles. The fourth-order valence-electron chi connectivity index (χ4n) is 3.87. The van der Waals surface area contributed by atoms with Gasteiger partial charge in [-0.15, -0.1) is 0 Å². The lowest BCUT2D eigenvalue weighted by Gasteiger charge is -2.29. The van der Waals surface area contributed by atoms with E-state index in [4.69, 9.17) is 12.2 Å². The average molecular weight is 391 g/mol. The number of nitrogens with one attached hydrogen (secondary N) is 1. The number of hydrogen-bond acceptors (Lipinski definition) is 2. The van der Waals surface area contributed by atoms with Gasteiger partial charge in [0, 0.05) is 30.3 Å². The van der Waals surface area contributed by atoms with Gasteiger partial charge in [0.05, 0.1) is 17.8 Å². The largest absolute Gasteiger partial charge is 0.352 e. The van der Waals surface area contributed by atoms with Crippen LogP contribution in [0.5, 0.6) is 0 Å². The molecule has 0 spiro atoms. The van der Waals surface area contributed by atoms with E-state index in [-0.39, 0.29) is 12.1 Å². The Hall–Kier alpha value is -2.66. The van der Waals surface area contributed by atoms with Crippen LogP contribution in [0.15, 0.2) is 67.0 Å². The molecule has 0 unspecified atom stereocenters. The second kappa shape index (κ2) is 8.15. The molecule has 1 saturated heterocycles. The van der Waals surface area contributed by atoms with Crippen LogP contribution in [0.1, 0.15) is 48.8 Å². The summed E-state index contributed by atoms with van der Waals surface area (Å²) in [6.45, 7) is 5.27. The van der Waals surface area contributed by atoms with Gasteiger partial charge in [0.1, 0.15) is 0 Å². The van der Waals surface area contributed by atoms with Crippen molar-refractivity contribution in [1.82, 2.24) is 19.8 Å². The number of aryl methyl sites for hydroxylation is 1. The summed E-state index contributed by atoms with van der Waals surface area (Å²) >= 11 is 5.74. The van der Waals surface area contributed by atoms with Crippen molar-refractivity contribution in [1.29, 1.82) is 0 Å². The molecule has 1 aliphatic heterocycles. The Bertz CT molecular complexity index is 933. The molecule has 28 heavy (non-hydrogen) atoms. The van der Waals surface area contributed by atoms with Crippen LogP contribution in [-0.2, 0) is 0 Å². The van der Waals surface area contributed by atoms with Crippen LogP contribution in [-0.4, -0.2) is 26.1 Å². The van der Waals surface area contributed by atoms with Gasteiger partial charge < -0.3 is 14.8 Å². The van der Waals surface area contributed by atoms with Crippen molar-refractivity contribution in [2.45, 2.75) is 38.8 Å². The summed E-state index contributed by atoms with van der Waals surface area (Å²) in [5.41, 5.74) is 4.67. The maximum atomic E-state index is 5.74. The Morgan fingerprint density at radius 2 is 1.89 bits per heavy atom. The fourth-order valence-corrected chi connectivity index (χ4v) is 4.20. The molecule has 4 nitrogen and oxygen atoms in total. The van der Waals surface area contributed by atoms with Gasteiger partial charge in [-0.05, 0) is 62.0 Å². The van der Waals surface area contributed by atoms with Gasteiger partial charge in [0.25, 0.3) is 0 Å². The molecule has 1 N–H and O–H groups in total. The van der Waals surface area contributed by atoms with Crippen LogP contribution < -0.4 is 5.32 Å². The van der Waals surface area contributed by atoms with Crippen LogP contribution in [0, 0.1) is 6.92 Å². The van der Waals surface area contributed by atoms with Crippen molar-refractivity contribution in [2.75, 3.05) is 6.54 Å². The van der Waals surface area contributed by atoms with Crippen LogP contribution in [0.4, 0.5) is 0 Å². The summed E-state index contributed by atoms with van der Waals surface area (Å²) in [5, 5.41) is 4.35. The molecule has 5 heteroatoms. The van der Waals surface area contributed by atoms with E-state index in [0.29, 0.717) is 0 Å². The lowest BCUT2D eigenvalue weighted by Crippen LogP contribution is -2.31. The van der Waals surface area contributed by atoms with Gasteiger partial charge in [-0.1, -0.05) is 37.1 Å². The standard InChI is InChI=1S/C23H26N4S/c1-3-4-15-27-22(21(25-23(27)28)19-8-5-6-14-24-19)20-9-7-16-26(20)18-12-10-17(2)11-13-18/h5-14,16,21-22H,3-4,15H2,1-2H3,(H,25,28)/t21-,22-/m1/s1. The average Bonchev–Trinajstić information content (AvgIpc) is 3.32. The highest BCUT2D eigenvalue weighted by Gasteiger charge is 2.40. The summed E-state index contributed by atoms with van der Waals surface area (Å²) in [4.78, 5) is 6.96. The van der Waals surface area contributed by atoms with E-state index in [1.54, 1.807) is 0 Å². The number of rotatable bonds is 6. The van der Waals surface area contributed by atoms with Gasteiger partial charge in [0.2, 0.25) is 0 Å². The summed E-state index contributed by atoms with van der Waals surface area (Å²) in [5.74, 6) is 0. The SMILES string of the molecule is CCCCN1C(=S)N[C@H](c2ccccn2)[C@H]1c1cccn1-c1ccc(C)cc1. The smallest absolute Gasteiger partial charge is 0.170 e. The highest BCUT2D eigenvalue weighted by atomic mass is 32.1. The molecule has 2 aromatic heterocycles. The molecule has 144 valence electrons. The van der Waals surface area contributed by atoms with Gasteiger partial charge in [0.15, 0.2) is 5.11 Å².